The molecule has 4 aromatic rings. The van der Waals surface area contributed by atoms with Gasteiger partial charge in [0.15, 0.2) is 0 Å². The molecule has 0 fully saturated rings. The SMILES string of the molecule is O=C(NCCOCCOCCNc1nc(Cl)nc(Nc2ccc(OCCc3ccccc3)cc2)n1)c1ccccc1. The molecule has 0 atom stereocenters. The van der Waals surface area contributed by atoms with Gasteiger partial charge in [-0.2, -0.15) is 15.0 Å². The quantitative estimate of drug-likeness (QED) is 0.153. The number of amides is 1. The summed E-state index contributed by atoms with van der Waals surface area (Å²) in [7, 11) is 0. The maximum Gasteiger partial charge on any atom is 0.251 e. The molecular weight excluding hydrogens is 544 g/mol. The van der Waals surface area contributed by atoms with Gasteiger partial charge in [0.05, 0.1) is 33.0 Å². The summed E-state index contributed by atoms with van der Waals surface area (Å²) in [5.74, 6) is 1.31. The first kappa shape index (κ1) is 29.7. The van der Waals surface area contributed by atoms with Gasteiger partial charge in [0, 0.05) is 30.8 Å². The molecule has 3 N–H and O–H groups in total. The number of benzene rings is 3. The zero-order valence-corrected chi connectivity index (χ0v) is 23.3. The van der Waals surface area contributed by atoms with Crippen LogP contribution in [0.4, 0.5) is 17.6 Å². The molecule has 0 spiro atoms. The molecule has 0 saturated heterocycles. The minimum absolute atomic E-state index is 0.0690. The van der Waals surface area contributed by atoms with Gasteiger partial charge in [-0.25, -0.2) is 0 Å². The molecule has 10 nitrogen and oxygen atoms in total. The fourth-order valence-electron chi connectivity index (χ4n) is 3.67. The van der Waals surface area contributed by atoms with E-state index in [2.05, 4.69) is 43.0 Å². The van der Waals surface area contributed by atoms with Crippen molar-refractivity contribution in [3.8, 4) is 5.75 Å². The number of carbonyl (C=O) groups excluding carboxylic acids is 1. The molecule has 0 aliphatic heterocycles. The van der Waals surface area contributed by atoms with Gasteiger partial charge >= 0.3 is 0 Å². The van der Waals surface area contributed by atoms with Crippen LogP contribution in [0.1, 0.15) is 15.9 Å². The molecule has 4 rings (SSSR count). The van der Waals surface area contributed by atoms with Crippen LogP contribution < -0.4 is 20.7 Å². The van der Waals surface area contributed by atoms with Crippen LogP contribution in [0.5, 0.6) is 5.75 Å². The van der Waals surface area contributed by atoms with Crippen molar-refractivity contribution in [2.24, 2.45) is 0 Å². The third-order valence-corrected chi connectivity index (χ3v) is 5.86. The summed E-state index contributed by atoms with van der Waals surface area (Å²) in [4.78, 5) is 24.6. The topological polar surface area (TPSA) is 120 Å². The average molecular weight is 577 g/mol. The average Bonchev–Trinajstić information content (AvgIpc) is 2.99. The van der Waals surface area contributed by atoms with Gasteiger partial charge in [-0.3, -0.25) is 4.79 Å². The number of halogens is 1. The minimum Gasteiger partial charge on any atom is -0.493 e. The van der Waals surface area contributed by atoms with Gasteiger partial charge in [0.25, 0.3) is 5.91 Å². The lowest BCUT2D eigenvalue weighted by Gasteiger charge is -2.10. The van der Waals surface area contributed by atoms with Gasteiger partial charge < -0.3 is 30.2 Å². The standard InChI is InChI=1S/C30H33ClN6O4/c31-28-35-29(33-17-20-40-22-21-39-19-16-32-27(38)24-9-5-2-6-10-24)37-30(36-28)34-25-11-13-26(14-12-25)41-18-15-23-7-3-1-4-8-23/h1-14H,15-22H2,(H,32,38)(H2,33,34,35,36,37). The van der Waals surface area contributed by atoms with E-state index in [9.17, 15) is 4.79 Å². The van der Waals surface area contributed by atoms with E-state index in [0.29, 0.717) is 63.6 Å². The highest BCUT2D eigenvalue weighted by atomic mass is 35.5. The van der Waals surface area contributed by atoms with Gasteiger partial charge in [0.2, 0.25) is 17.2 Å². The number of rotatable bonds is 17. The highest BCUT2D eigenvalue weighted by molar-refractivity contribution is 6.28. The zero-order valence-electron chi connectivity index (χ0n) is 22.6. The van der Waals surface area contributed by atoms with Crippen LogP contribution in [-0.2, 0) is 15.9 Å². The highest BCUT2D eigenvalue weighted by Crippen LogP contribution is 2.20. The summed E-state index contributed by atoms with van der Waals surface area (Å²) >= 11 is 6.09. The second kappa shape index (κ2) is 16.8. The van der Waals surface area contributed by atoms with E-state index in [1.807, 2.05) is 60.7 Å². The second-order valence-corrected chi connectivity index (χ2v) is 9.10. The molecular formula is C30H33ClN6O4. The maximum absolute atomic E-state index is 12.0. The lowest BCUT2D eigenvalue weighted by Crippen LogP contribution is -2.27. The van der Waals surface area contributed by atoms with Crippen LogP contribution >= 0.6 is 11.6 Å². The molecule has 1 heterocycles. The van der Waals surface area contributed by atoms with E-state index >= 15 is 0 Å². The first-order valence-corrected chi connectivity index (χ1v) is 13.7. The Balaban J connectivity index is 1.08. The molecule has 41 heavy (non-hydrogen) atoms. The van der Waals surface area contributed by atoms with E-state index in [-0.39, 0.29) is 11.2 Å². The Bertz CT molecular complexity index is 1330. The number of hydrogen-bond donors (Lipinski definition) is 3. The monoisotopic (exact) mass is 576 g/mol. The summed E-state index contributed by atoms with van der Waals surface area (Å²) in [6.45, 7) is 3.17. The lowest BCUT2D eigenvalue weighted by molar-refractivity contribution is 0.0519. The maximum atomic E-state index is 12.0. The third kappa shape index (κ3) is 11.0. The number of hydrogen-bond acceptors (Lipinski definition) is 9. The lowest BCUT2D eigenvalue weighted by atomic mass is 10.2. The Morgan fingerprint density at radius 1 is 0.707 bits per heavy atom. The number of anilines is 3. The fraction of sp³-hybridized carbons (Fsp3) is 0.267. The predicted molar refractivity (Wildman–Crippen MR) is 159 cm³/mol. The van der Waals surface area contributed by atoms with Crippen LogP contribution in [0, 0.1) is 0 Å². The molecule has 0 radical (unpaired) electrons. The van der Waals surface area contributed by atoms with Crippen molar-refractivity contribution in [3.63, 3.8) is 0 Å². The number of ether oxygens (including phenoxy) is 3. The van der Waals surface area contributed by atoms with E-state index in [1.165, 1.54) is 5.56 Å². The number of carbonyl (C=O) groups is 1. The molecule has 3 aromatic carbocycles. The largest absolute Gasteiger partial charge is 0.493 e. The molecule has 11 heteroatoms. The van der Waals surface area contributed by atoms with Gasteiger partial charge in [-0.1, -0.05) is 48.5 Å². The van der Waals surface area contributed by atoms with Crippen LogP contribution in [0.2, 0.25) is 5.28 Å². The Labute approximate surface area is 244 Å². The van der Waals surface area contributed by atoms with E-state index in [4.69, 9.17) is 25.8 Å². The van der Waals surface area contributed by atoms with Gasteiger partial charge in [-0.15, -0.1) is 0 Å². The molecule has 214 valence electrons. The Hall–Kier alpha value is -4.25. The second-order valence-electron chi connectivity index (χ2n) is 8.76. The van der Waals surface area contributed by atoms with E-state index in [0.717, 1.165) is 17.9 Å². The van der Waals surface area contributed by atoms with Gasteiger partial charge in [0.1, 0.15) is 5.75 Å². The molecule has 0 bridgehead atoms. The predicted octanol–water partition coefficient (Wildman–Crippen LogP) is 4.77. The smallest absolute Gasteiger partial charge is 0.251 e. The van der Waals surface area contributed by atoms with Crippen molar-refractivity contribution in [1.82, 2.24) is 20.3 Å². The zero-order chi connectivity index (χ0) is 28.5. The van der Waals surface area contributed by atoms with Crippen LogP contribution in [-0.4, -0.2) is 67.0 Å². The number of nitrogens with one attached hydrogen (secondary N) is 3. The number of aromatic nitrogens is 3. The fourth-order valence-corrected chi connectivity index (χ4v) is 3.83. The normalized spacial score (nSPS) is 10.7. The molecule has 0 saturated carbocycles. The molecule has 0 aliphatic carbocycles. The summed E-state index contributed by atoms with van der Waals surface area (Å²) in [6.07, 6.45) is 0.843. The van der Waals surface area contributed by atoms with E-state index in [1.54, 1.807) is 12.1 Å². The van der Waals surface area contributed by atoms with Crippen molar-refractivity contribution in [2.45, 2.75) is 6.42 Å². The van der Waals surface area contributed by atoms with Crippen LogP contribution in [0.3, 0.4) is 0 Å². The molecule has 1 amide bonds. The van der Waals surface area contributed by atoms with E-state index < -0.39 is 0 Å². The highest BCUT2D eigenvalue weighted by Gasteiger charge is 2.06. The first-order valence-electron chi connectivity index (χ1n) is 13.3. The Morgan fingerprint density at radius 3 is 2.10 bits per heavy atom. The number of nitrogens with zero attached hydrogens (tertiary/aromatic N) is 3. The third-order valence-electron chi connectivity index (χ3n) is 5.69. The Kier molecular flexibility index (Phi) is 12.2. The summed E-state index contributed by atoms with van der Waals surface area (Å²) in [5.41, 5.74) is 2.65. The van der Waals surface area contributed by atoms with Crippen molar-refractivity contribution >= 4 is 35.1 Å². The van der Waals surface area contributed by atoms with Crippen molar-refractivity contribution < 1.29 is 19.0 Å². The summed E-state index contributed by atoms with van der Waals surface area (Å²) in [6, 6.07) is 26.8. The van der Waals surface area contributed by atoms with Gasteiger partial charge in [-0.05, 0) is 53.6 Å². The first-order chi connectivity index (χ1) is 20.2. The molecule has 0 aliphatic rings. The minimum atomic E-state index is -0.119. The summed E-state index contributed by atoms with van der Waals surface area (Å²) in [5, 5.41) is 9.09. The van der Waals surface area contributed by atoms with Crippen molar-refractivity contribution in [3.05, 3.63) is 101 Å². The molecule has 1 aromatic heterocycles. The van der Waals surface area contributed by atoms with Crippen LogP contribution in [0.15, 0.2) is 84.9 Å². The van der Waals surface area contributed by atoms with Crippen LogP contribution in [0.25, 0.3) is 0 Å². The Morgan fingerprint density at radius 2 is 1.37 bits per heavy atom. The summed E-state index contributed by atoms with van der Waals surface area (Å²) < 4.78 is 16.9. The van der Waals surface area contributed by atoms with Crippen molar-refractivity contribution in [2.75, 3.05) is 56.8 Å². The van der Waals surface area contributed by atoms with Crippen molar-refractivity contribution in [1.29, 1.82) is 0 Å². The molecule has 0 unspecified atom stereocenters.